The van der Waals surface area contributed by atoms with E-state index in [2.05, 4.69) is 19.8 Å². The van der Waals surface area contributed by atoms with E-state index in [0.29, 0.717) is 24.3 Å². The number of primary amides is 1. The van der Waals surface area contributed by atoms with Crippen LogP contribution in [0.5, 0.6) is 0 Å². The predicted molar refractivity (Wildman–Crippen MR) is 125 cm³/mol. The molecule has 1 aromatic heterocycles. The number of carboxylic acid groups (broad SMARTS) is 1. The molecule has 3 aliphatic rings. The summed E-state index contributed by atoms with van der Waals surface area (Å²) in [6, 6.07) is -0.976. The lowest BCUT2D eigenvalue weighted by molar-refractivity contribution is -0.922. The molecule has 0 bridgehead atoms. The highest BCUT2D eigenvalue weighted by molar-refractivity contribution is 8.00. The molecule has 4 rings (SSSR count). The summed E-state index contributed by atoms with van der Waals surface area (Å²) in [5.41, 5.74) is 10.6. The first-order valence-corrected chi connectivity index (χ1v) is 12.5. The number of β-lactam (4-membered cyclic amide) rings is 1. The van der Waals surface area contributed by atoms with Crippen molar-refractivity contribution >= 4 is 57.8 Å². The minimum Gasteiger partial charge on any atom is -0.477 e. The van der Waals surface area contributed by atoms with Crippen molar-refractivity contribution in [2.75, 3.05) is 31.7 Å². The number of rotatable bonds is 8. The SMILES string of the molecule is CON=C(C(=O)N[C@@H]1C(=O)N2C(C(=O)O)=C(C[NH+]3CCC[C@@]3(C)C(N)=O)CS[C@@H]12)c1nsc(N)n1. The largest absolute Gasteiger partial charge is 0.477 e. The molecule has 35 heavy (non-hydrogen) atoms. The summed E-state index contributed by atoms with van der Waals surface area (Å²) in [7, 11) is 1.24. The Morgan fingerprint density at radius 1 is 1.43 bits per heavy atom. The van der Waals surface area contributed by atoms with Gasteiger partial charge in [0.15, 0.2) is 10.7 Å². The van der Waals surface area contributed by atoms with E-state index in [1.807, 2.05) is 0 Å². The third-order valence-electron chi connectivity index (χ3n) is 6.49. The maximum absolute atomic E-state index is 13.0. The normalized spacial score (nSPS) is 28.4. The number of aromatic nitrogens is 2. The van der Waals surface area contributed by atoms with Gasteiger partial charge in [-0.25, -0.2) is 4.79 Å². The first kappa shape index (κ1) is 24.9. The maximum Gasteiger partial charge on any atom is 0.352 e. The molecule has 2 saturated heterocycles. The van der Waals surface area contributed by atoms with Gasteiger partial charge in [-0.2, -0.15) is 9.36 Å². The van der Waals surface area contributed by atoms with Crippen LogP contribution in [0, 0.1) is 0 Å². The van der Waals surface area contributed by atoms with E-state index in [4.69, 9.17) is 16.3 Å². The number of hydrogen-bond acceptors (Lipinski definition) is 11. The van der Waals surface area contributed by atoms with Gasteiger partial charge in [-0.15, -0.1) is 11.8 Å². The summed E-state index contributed by atoms with van der Waals surface area (Å²) in [4.78, 5) is 60.7. The molecule has 0 radical (unpaired) electrons. The Hall–Kier alpha value is -3.24. The van der Waals surface area contributed by atoms with Crippen LogP contribution in [0.3, 0.4) is 0 Å². The van der Waals surface area contributed by atoms with Crippen LogP contribution >= 0.6 is 23.3 Å². The van der Waals surface area contributed by atoms with Gasteiger partial charge < -0.3 is 31.6 Å². The Kier molecular flexibility index (Phi) is 6.70. The van der Waals surface area contributed by atoms with E-state index in [9.17, 15) is 24.3 Å². The Morgan fingerprint density at radius 2 is 2.17 bits per heavy atom. The molecule has 3 amide bonds. The maximum atomic E-state index is 13.0. The number of likely N-dealkylation sites (tertiary alicyclic amines) is 1. The van der Waals surface area contributed by atoms with E-state index in [-0.39, 0.29) is 28.9 Å². The van der Waals surface area contributed by atoms with Gasteiger partial charge >= 0.3 is 5.97 Å². The number of nitrogen functional groups attached to an aromatic ring is 1. The fourth-order valence-electron chi connectivity index (χ4n) is 4.58. The molecule has 3 aliphatic heterocycles. The van der Waals surface area contributed by atoms with Crippen molar-refractivity contribution in [1.82, 2.24) is 19.6 Å². The van der Waals surface area contributed by atoms with E-state index >= 15 is 0 Å². The number of hydrogen-bond donors (Lipinski definition) is 5. The highest BCUT2D eigenvalue weighted by atomic mass is 32.2. The average Bonchev–Trinajstić information content (AvgIpc) is 3.41. The second-order valence-corrected chi connectivity index (χ2v) is 10.4. The van der Waals surface area contributed by atoms with Gasteiger partial charge in [0.25, 0.3) is 17.7 Å². The number of amides is 3. The van der Waals surface area contributed by atoms with Crippen molar-refractivity contribution in [2.45, 2.75) is 36.7 Å². The summed E-state index contributed by atoms with van der Waals surface area (Å²) in [6.45, 7) is 2.73. The number of quaternary nitrogens is 1. The number of nitrogens with zero attached hydrogens (tertiary/aromatic N) is 4. The number of aliphatic carboxylic acids is 1. The summed E-state index contributed by atoms with van der Waals surface area (Å²) in [5.74, 6) is -2.73. The lowest BCUT2D eigenvalue weighted by atomic mass is 9.97. The minimum atomic E-state index is -1.24. The van der Waals surface area contributed by atoms with Gasteiger partial charge in [-0.1, -0.05) is 5.16 Å². The molecule has 1 unspecified atom stereocenters. The molecule has 1 aromatic rings. The van der Waals surface area contributed by atoms with Gasteiger partial charge in [0.2, 0.25) is 11.5 Å². The lowest BCUT2D eigenvalue weighted by Gasteiger charge is -2.49. The number of nitrogens with two attached hydrogens (primary N) is 2. The van der Waals surface area contributed by atoms with Gasteiger partial charge in [0, 0.05) is 35.7 Å². The predicted octanol–water partition coefficient (Wildman–Crippen LogP) is -2.87. The topological polar surface area (TPSA) is 208 Å². The number of carbonyl (C=O) groups excluding carboxylic acids is 3. The molecule has 0 spiro atoms. The van der Waals surface area contributed by atoms with Crippen molar-refractivity contribution < 1.29 is 34.0 Å². The highest BCUT2D eigenvalue weighted by Crippen LogP contribution is 2.40. The average molecular weight is 526 g/mol. The lowest BCUT2D eigenvalue weighted by Crippen LogP contribution is -3.19. The van der Waals surface area contributed by atoms with Crippen molar-refractivity contribution in [1.29, 1.82) is 0 Å². The van der Waals surface area contributed by atoms with Crippen LogP contribution in [-0.2, 0) is 24.0 Å². The number of fused-ring (bicyclic) bond motifs is 1. The van der Waals surface area contributed by atoms with Crippen LogP contribution in [0.4, 0.5) is 5.13 Å². The van der Waals surface area contributed by atoms with E-state index in [0.717, 1.165) is 22.9 Å². The number of thioether (sulfide) groups is 1. The number of carbonyl (C=O) groups is 4. The molecule has 0 aromatic carbocycles. The standard InChI is InChI=1S/C19H24N8O6S2/c1-19(17(20)32)4-3-5-26(19)6-8-7-34-15-10(14(29)27(15)11(8)16(30)31)22-13(28)9(24-33-2)12-23-18(21)35-25-12/h10,15H,3-7H2,1-2H3,(H2,20,32)(H,22,28)(H,30,31)(H2,21,23,25)/p+1/t10-,15+,19+/m1/s1. The molecule has 0 aliphatic carbocycles. The fraction of sp³-hybridized carbons (Fsp3) is 0.526. The van der Waals surface area contributed by atoms with Crippen molar-refractivity contribution in [3.63, 3.8) is 0 Å². The summed E-state index contributed by atoms with van der Waals surface area (Å²) >= 11 is 2.20. The molecule has 14 nitrogen and oxygen atoms in total. The smallest absolute Gasteiger partial charge is 0.352 e. The number of carboxylic acids is 1. The summed E-state index contributed by atoms with van der Waals surface area (Å²) < 4.78 is 3.94. The highest BCUT2D eigenvalue weighted by Gasteiger charge is 2.55. The molecule has 16 heteroatoms. The van der Waals surface area contributed by atoms with Crippen molar-refractivity contribution in [3.05, 3.63) is 17.1 Å². The Morgan fingerprint density at radius 3 is 2.77 bits per heavy atom. The molecule has 2 fully saturated rings. The minimum absolute atomic E-state index is 0.0497. The van der Waals surface area contributed by atoms with Crippen molar-refractivity contribution in [2.24, 2.45) is 10.9 Å². The second-order valence-electron chi connectivity index (χ2n) is 8.53. The van der Waals surface area contributed by atoms with Crippen LogP contribution in [0.2, 0.25) is 0 Å². The van der Waals surface area contributed by atoms with Gasteiger partial charge in [-0.05, 0) is 6.92 Å². The zero-order valence-electron chi connectivity index (χ0n) is 18.9. The number of oxime groups is 1. The van der Waals surface area contributed by atoms with Crippen LogP contribution in [0.15, 0.2) is 16.4 Å². The number of nitrogens with one attached hydrogen (secondary N) is 2. The first-order valence-electron chi connectivity index (χ1n) is 10.6. The number of anilines is 1. The van der Waals surface area contributed by atoms with Crippen LogP contribution < -0.4 is 21.7 Å². The van der Waals surface area contributed by atoms with E-state index < -0.39 is 40.6 Å². The van der Waals surface area contributed by atoms with Crippen LogP contribution in [-0.4, -0.2) is 91.7 Å². The molecular formula is C19H25N8O6S2+. The van der Waals surface area contributed by atoms with Crippen molar-refractivity contribution in [3.8, 4) is 0 Å². The molecular weight excluding hydrogens is 500 g/mol. The Bertz CT molecular complexity index is 1150. The third-order valence-corrected chi connectivity index (χ3v) is 8.38. The molecule has 4 heterocycles. The van der Waals surface area contributed by atoms with Gasteiger partial charge in [0.05, 0.1) is 6.54 Å². The van der Waals surface area contributed by atoms with Gasteiger partial charge in [0.1, 0.15) is 30.8 Å². The molecule has 188 valence electrons. The Balaban J connectivity index is 1.53. The third kappa shape index (κ3) is 4.32. The zero-order valence-corrected chi connectivity index (χ0v) is 20.6. The van der Waals surface area contributed by atoms with Gasteiger partial charge in [-0.3, -0.25) is 19.3 Å². The summed E-state index contributed by atoms with van der Waals surface area (Å²) in [5, 5.41) is 15.7. The molecule has 7 N–H and O–H groups in total. The quantitative estimate of drug-likeness (QED) is 0.133. The fourth-order valence-corrected chi connectivity index (χ4v) is 6.36. The first-order chi connectivity index (χ1) is 16.6. The van der Waals surface area contributed by atoms with Crippen LogP contribution in [0.25, 0.3) is 0 Å². The summed E-state index contributed by atoms with van der Waals surface area (Å²) in [6.07, 6.45) is 1.41. The van der Waals surface area contributed by atoms with E-state index in [1.165, 1.54) is 23.8 Å². The van der Waals surface area contributed by atoms with E-state index in [1.54, 1.807) is 6.92 Å². The monoisotopic (exact) mass is 525 g/mol. The molecule has 4 atom stereocenters. The zero-order chi connectivity index (χ0) is 25.5. The van der Waals surface area contributed by atoms with Crippen LogP contribution in [0.1, 0.15) is 25.6 Å². The molecule has 0 saturated carbocycles. The second kappa shape index (κ2) is 9.43. The Labute approximate surface area is 207 Å².